The molecule has 6 heteroatoms. The predicted molar refractivity (Wildman–Crippen MR) is 87.3 cm³/mol. The van der Waals surface area contributed by atoms with Gasteiger partial charge < -0.3 is 10.2 Å². The highest BCUT2D eigenvalue weighted by Gasteiger charge is 2.34. The second kappa shape index (κ2) is 6.55. The third-order valence-corrected chi connectivity index (χ3v) is 4.07. The largest absolute Gasteiger partial charge is 0.417 e. The summed E-state index contributed by atoms with van der Waals surface area (Å²) in [4.78, 5) is 14.4. The molecule has 1 amide bonds. The Morgan fingerprint density at radius 1 is 0.958 bits per heavy atom. The lowest BCUT2D eigenvalue weighted by atomic mass is 10.1. The van der Waals surface area contributed by atoms with Crippen molar-refractivity contribution in [1.82, 2.24) is 0 Å². The fourth-order valence-electron chi connectivity index (χ4n) is 2.86. The molecule has 0 spiro atoms. The van der Waals surface area contributed by atoms with Crippen LogP contribution in [-0.4, -0.2) is 19.0 Å². The molecule has 3 nitrogen and oxygen atoms in total. The van der Waals surface area contributed by atoms with Crippen molar-refractivity contribution >= 4 is 17.3 Å². The Hall–Kier alpha value is -2.50. The summed E-state index contributed by atoms with van der Waals surface area (Å²) in [5.74, 6) is -0.767. The zero-order chi connectivity index (χ0) is 17.2. The zero-order valence-electron chi connectivity index (χ0n) is 12.9. The second-order valence-corrected chi connectivity index (χ2v) is 5.74. The van der Waals surface area contributed by atoms with Crippen LogP contribution in [0.4, 0.5) is 24.5 Å². The third-order valence-electron chi connectivity index (χ3n) is 4.07. The van der Waals surface area contributed by atoms with Gasteiger partial charge in [-0.1, -0.05) is 12.1 Å². The van der Waals surface area contributed by atoms with E-state index in [1.165, 1.54) is 18.2 Å². The van der Waals surface area contributed by atoms with Gasteiger partial charge in [0, 0.05) is 24.5 Å². The Morgan fingerprint density at radius 3 is 2.21 bits per heavy atom. The van der Waals surface area contributed by atoms with E-state index in [1.807, 2.05) is 12.1 Å². The van der Waals surface area contributed by atoms with E-state index >= 15 is 0 Å². The summed E-state index contributed by atoms with van der Waals surface area (Å²) < 4.78 is 39.0. The highest BCUT2D eigenvalue weighted by Crippen LogP contribution is 2.32. The number of hydrogen-bond acceptors (Lipinski definition) is 2. The lowest BCUT2D eigenvalue weighted by Gasteiger charge is -2.18. The predicted octanol–water partition coefficient (Wildman–Crippen LogP) is 4.56. The van der Waals surface area contributed by atoms with Crippen LogP contribution in [0.15, 0.2) is 48.5 Å². The van der Waals surface area contributed by atoms with Crippen molar-refractivity contribution in [2.45, 2.75) is 19.0 Å². The normalized spacial score (nSPS) is 14.7. The van der Waals surface area contributed by atoms with E-state index in [4.69, 9.17) is 0 Å². The molecule has 1 aliphatic heterocycles. The molecule has 24 heavy (non-hydrogen) atoms. The smallest absolute Gasteiger partial charge is 0.372 e. The summed E-state index contributed by atoms with van der Waals surface area (Å²) in [5.41, 5.74) is 0.214. The van der Waals surface area contributed by atoms with Crippen LogP contribution in [0.2, 0.25) is 0 Å². The molecular formula is C18H17F3N2O. The van der Waals surface area contributed by atoms with E-state index in [0.717, 1.165) is 37.7 Å². The van der Waals surface area contributed by atoms with Crippen molar-refractivity contribution in [2.24, 2.45) is 0 Å². The van der Waals surface area contributed by atoms with Crippen LogP contribution in [0.25, 0.3) is 0 Å². The van der Waals surface area contributed by atoms with Gasteiger partial charge in [-0.3, -0.25) is 4.79 Å². The van der Waals surface area contributed by atoms with Gasteiger partial charge in [0.1, 0.15) is 0 Å². The zero-order valence-corrected chi connectivity index (χ0v) is 12.9. The molecule has 126 valence electrons. The number of halogens is 3. The molecule has 0 aliphatic carbocycles. The Balaban J connectivity index is 1.76. The van der Waals surface area contributed by atoms with E-state index < -0.39 is 17.6 Å². The molecule has 3 rings (SSSR count). The number of anilines is 2. The summed E-state index contributed by atoms with van der Waals surface area (Å²) in [6.45, 7) is 2.01. The van der Waals surface area contributed by atoms with Crippen molar-refractivity contribution in [3.63, 3.8) is 0 Å². The molecule has 0 aromatic heterocycles. The number of nitrogens with zero attached hydrogens (tertiary/aromatic N) is 1. The minimum absolute atomic E-state index is 0.381. The number of nitrogens with one attached hydrogen (secondary N) is 1. The Kier molecular flexibility index (Phi) is 4.46. The van der Waals surface area contributed by atoms with Crippen LogP contribution in [0.3, 0.4) is 0 Å². The van der Waals surface area contributed by atoms with Gasteiger partial charge in [0.25, 0.3) is 5.91 Å². The van der Waals surface area contributed by atoms with Crippen LogP contribution in [0, 0.1) is 0 Å². The quantitative estimate of drug-likeness (QED) is 0.892. The summed E-state index contributed by atoms with van der Waals surface area (Å²) in [6.07, 6.45) is -2.24. The van der Waals surface area contributed by atoms with Crippen LogP contribution in [0.1, 0.15) is 28.8 Å². The summed E-state index contributed by atoms with van der Waals surface area (Å²) >= 11 is 0. The van der Waals surface area contributed by atoms with Crippen molar-refractivity contribution in [1.29, 1.82) is 0 Å². The summed E-state index contributed by atoms with van der Waals surface area (Å²) in [5, 5.41) is 2.53. The van der Waals surface area contributed by atoms with Gasteiger partial charge in [-0.15, -0.1) is 0 Å². The molecule has 0 atom stereocenters. The average Bonchev–Trinajstić information content (AvgIpc) is 3.09. The van der Waals surface area contributed by atoms with Gasteiger partial charge in [0.2, 0.25) is 0 Å². The maximum absolute atomic E-state index is 13.0. The molecule has 0 saturated carbocycles. The Morgan fingerprint density at radius 2 is 1.58 bits per heavy atom. The van der Waals surface area contributed by atoms with Crippen molar-refractivity contribution in [3.8, 4) is 0 Å². The van der Waals surface area contributed by atoms with Gasteiger partial charge >= 0.3 is 6.18 Å². The third kappa shape index (κ3) is 3.53. The maximum atomic E-state index is 13.0. The Bertz CT molecular complexity index is 720. The minimum atomic E-state index is -4.56. The van der Waals surface area contributed by atoms with Crippen molar-refractivity contribution in [2.75, 3.05) is 23.3 Å². The number of benzene rings is 2. The standard InChI is InChI=1S/C18H17F3N2O/c19-18(20,21)16-6-2-1-5-15(16)17(24)22-13-7-9-14(10-8-13)23-11-3-4-12-23/h1-2,5-10H,3-4,11-12H2,(H,22,24). The van der Waals surface area contributed by atoms with Crippen LogP contribution in [0.5, 0.6) is 0 Å². The van der Waals surface area contributed by atoms with Crippen molar-refractivity contribution < 1.29 is 18.0 Å². The molecule has 1 fully saturated rings. The lowest BCUT2D eigenvalue weighted by molar-refractivity contribution is -0.137. The van der Waals surface area contributed by atoms with Crippen LogP contribution >= 0.6 is 0 Å². The first-order valence-electron chi connectivity index (χ1n) is 7.78. The number of amides is 1. The number of rotatable bonds is 3. The molecule has 0 radical (unpaired) electrons. The van der Waals surface area contributed by atoms with Gasteiger partial charge in [0.05, 0.1) is 11.1 Å². The first-order chi connectivity index (χ1) is 11.4. The minimum Gasteiger partial charge on any atom is -0.372 e. The molecule has 1 N–H and O–H groups in total. The molecular weight excluding hydrogens is 317 g/mol. The highest BCUT2D eigenvalue weighted by atomic mass is 19.4. The molecule has 2 aromatic carbocycles. The van der Waals surface area contributed by atoms with Gasteiger partial charge in [0.15, 0.2) is 0 Å². The number of carbonyl (C=O) groups excluding carboxylic acids is 1. The fraction of sp³-hybridized carbons (Fsp3) is 0.278. The number of alkyl halides is 3. The molecule has 2 aromatic rings. The highest BCUT2D eigenvalue weighted by molar-refractivity contribution is 6.05. The molecule has 1 heterocycles. The SMILES string of the molecule is O=C(Nc1ccc(N2CCCC2)cc1)c1ccccc1C(F)(F)F. The second-order valence-electron chi connectivity index (χ2n) is 5.74. The molecule has 0 unspecified atom stereocenters. The monoisotopic (exact) mass is 334 g/mol. The first kappa shape index (κ1) is 16.4. The van der Waals surface area contributed by atoms with E-state index in [9.17, 15) is 18.0 Å². The molecule has 1 aliphatic rings. The number of hydrogen-bond donors (Lipinski definition) is 1. The van der Waals surface area contributed by atoms with Crippen LogP contribution in [-0.2, 0) is 6.18 Å². The summed E-state index contributed by atoms with van der Waals surface area (Å²) in [6, 6.07) is 11.9. The van der Waals surface area contributed by atoms with Crippen molar-refractivity contribution in [3.05, 3.63) is 59.7 Å². The maximum Gasteiger partial charge on any atom is 0.417 e. The van der Waals surface area contributed by atoms with Gasteiger partial charge in [-0.05, 0) is 49.2 Å². The first-order valence-corrected chi connectivity index (χ1v) is 7.78. The van der Waals surface area contributed by atoms with Gasteiger partial charge in [-0.2, -0.15) is 13.2 Å². The van der Waals surface area contributed by atoms with E-state index in [1.54, 1.807) is 12.1 Å². The molecule has 0 bridgehead atoms. The van der Waals surface area contributed by atoms with E-state index in [2.05, 4.69) is 10.2 Å². The topological polar surface area (TPSA) is 32.3 Å². The average molecular weight is 334 g/mol. The van der Waals surface area contributed by atoms with Crippen LogP contribution < -0.4 is 10.2 Å². The Labute approximate surface area is 138 Å². The van der Waals surface area contributed by atoms with E-state index in [0.29, 0.717) is 5.69 Å². The summed E-state index contributed by atoms with van der Waals surface area (Å²) in [7, 11) is 0. The number of carbonyl (C=O) groups is 1. The lowest BCUT2D eigenvalue weighted by Crippen LogP contribution is -2.19. The van der Waals surface area contributed by atoms with Gasteiger partial charge in [-0.25, -0.2) is 0 Å². The molecule has 1 saturated heterocycles. The fourth-order valence-corrected chi connectivity index (χ4v) is 2.86. The van der Waals surface area contributed by atoms with E-state index in [-0.39, 0.29) is 5.56 Å².